The summed E-state index contributed by atoms with van der Waals surface area (Å²) in [5, 5.41) is 0.784. The largest absolute Gasteiger partial charge is 0.303 e. The number of benzene rings is 1. The van der Waals surface area contributed by atoms with E-state index in [4.69, 9.17) is 0 Å². The van der Waals surface area contributed by atoms with Gasteiger partial charge in [0.05, 0.1) is 0 Å². The van der Waals surface area contributed by atoms with E-state index in [0.717, 1.165) is 40.0 Å². The molecule has 0 saturated carbocycles. The van der Waals surface area contributed by atoms with Crippen molar-refractivity contribution in [3.63, 3.8) is 0 Å². The van der Waals surface area contributed by atoms with Gasteiger partial charge in [0, 0.05) is 28.4 Å². The molecule has 0 radical (unpaired) electrons. The van der Waals surface area contributed by atoms with Gasteiger partial charge in [0.15, 0.2) is 5.16 Å². The van der Waals surface area contributed by atoms with Crippen molar-refractivity contribution < 1.29 is 4.79 Å². The van der Waals surface area contributed by atoms with Crippen molar-refractivity contribution >= 4 is 17.7 Å². The summed E-state index contributed by atoms with van der Waals surface area (Å²) in [6.07, 6.45) is 4.35. The number of nitrogens with one attached hydrogen (secondary N) is 2. The highest BCUT2D eigenvalue weighted by atomic mass is 32.2. The van der Waals surface area contributed by atoms with Gasteiger partial charge in [0.25, 0.3) is 5.91 Å². The third-order valence-corrected chi connectivity index (χ3v) is 5.81. The first-order valence-electron chi connectivity index (χ1n) is 10.0. The number of hydrogen-bond acceptors (Lipinski definition) is 5. The van der Waals surface area contributed by atoms with Crippen molar-refractivity contribution in [3.05, 3.63) is 64.6 Å². The molecule has 0 spiro atoms. The van der Waals surface area contributed by atoms with E-state index in [1.807, 2.05) is 44.2 Å². The van der Waals surface area contributed by atoms with Gasteiger partial charge in [0.1, 0.15) is 0 Å². The second kappa shape index (κ2) is 8.99. The summed E-state index contributed by atoms with van der Waals surface area (Å²) < 4.78 is 0. The normalized spacial score (nSPS) is 18.1. The van der Waals surface area contributed by atoms with Gasteiger partial charge in [-0.25, -0.2) is 9.97 Å². The van der Waals surface area contributed by atoms with Crippen LogP contribution in [0.5, 0.6) is 0 Å². The number of nitrogens with zero attached hydrogens (tertiary/aromatic N) is 2. The average molecular weight is 411 g/mol. The minimum atomic E-state index is -0.126. The van der Waals surface area contributed by atoms with E-state index < -0.39 is 0 Å². The van der Waals surface area contributed by atoms with Crippen LogP contribution in [0.1, 0.15) is 60.9 Å². The fourth-order valence-corrected chi connectivity index (χ4v) is 4.80. The van der Waals surface area contributed by atoms with Crippen molar-refractivity contribution in [3.8, 4) is 0 Å². The molecule has 154 valence electrons. The lowest BCUT2D eigenvalue weighted by Gasteiger charge is -2.32. The highest BCUT2D eigenvalue weighted by Crippen LogP contribution is 2.35. The Kier molecular flexibility index (Phi) is 6.63. The van der Waals surface area contributed by atoms with Gasteiger partial charge in [0.2, 0.25) is 0 Å². The van der Waals surface area contributed by atoms with Crippen molar-refractivity contribution in [2.75, 3.05) is 0 Å². The topological polar surface area (TPSA) is 66.9 Å². The summed E-state index contributed by atoms with van der Waals surface area (Å²) in [5.74, 6) is 1.24. The first kappa shape index (κ1) is 21.4. The number of hydrogen-bond donors (Lipinski definition) is 2. The zero-order chi connectivity index (χ0) is 21.0. The Hall–Kier alpha value is -2.34. The maximum Gasteiger partial charge on any atom is 0.269 e. The lowest BCUT2D eigenvalue weighted by Crippen LogP contribution is -2.39. The van der Waals surface area contributed by atoms with Crippen LogP contribution in [-0.2, 0) is 5.75 Å². The Morgan fingerprint density at radius 3 is 2.45 bits per heavy atom. The number of carbonyl (C=O) groups excluding carboxylic acids is 1. The van der Waals surface area contributed by atoms with Gasteiger partial charge in [-0.05, 0) is 61.8 Å². The quantitative estimate of drug-likeness (QED) is 0.400. The molecule has 0 bridgehead atoms. The minimum absolute atomic E-state index is 0.126. The van der Waals surface area contributed by atoms with E-state index in [0.29, 0.717) is 11.5 Å². The monoisotopic (exact) mass is 410 g/mol. The van der Waals surface area contributed by atoms with E-state index in [1.165, 1.54) is 6.42 Å². The molecule has 1 heterocycles. The Morgan fingerprint density at radius 2 is 1.83 bits per heavy atom. The summed E-state index contributed by atoms with van der Waals surface area (Å²) in [7, 11) is 0. The number of thioether (sulfide) groups is 1. The number of allylic oxidation sites excluding steroid dienone is 2. The second-order valence-electron chi connectivity index (χ2n) is 8.67. The molecule has 2 aromatic rings. The number of carbonyl (C=O) groups is 1. The van der Waals surface area contributed by atoms with E-state index in [1.54, 1.807) is 11.8 Å². The van der Waals surface area contributed by atoms with Crippen LogP contribution in [0.25, 0.3) is 0 Å². The van der Waals surface area contributed by atoms with Crippen molar-refractivity contribution in [2.45, 2.75) is 58.4 Å². The molecular weight excluding hydrogens is 380 g/mol. The third kappa shape index (κ3) is 6.32. The summed E-state index contributed by atoms with van der Waals surface area (Å²) >= 11 is 1.60. The standard InChI is InChI=1S/C23H30N4OS/c1-15-10-20(13-23(4,5)12-15)26-27-21(28)19-8-6-18(7-9-19)14-29-22-24-16(2)11-17(3)25-22/h6-9,11,13,15,26H,10,12,14H2,1-5H3,(H,27,28)/t15-/m1/s1. The highest BCUT2D eigenvalue weighted by Gasteiger charge is 2.25. The van der Waals surface area contributed by atoms with Gasteiger partial charge in [-0.2, -0.15) is 0 Å². The molecule has 1 aliphatic rings. The molecule has 6 heteroatoms. The SMILES string of the molecule is Cc1cc(C)nc(SCc2ccc(C(=O)NNC3=CC(C)(C)C[C@H](C)C3)cc2)n1. The molecule has 1 aromatic carbocycles. The van der Waals surface area contributed by atoms with E-state index in [-0.39, 0.29) is 11.3 Å². The van der Waals surface area contributed by atoms with Gasteiger partial charge in [-0.3, -0.25) is 10.2 Å². The zero-order valence-corrected chi connectivity index (χ0v) is 18.7. The van der Waals surface area contributed by atoms with E-state index in [2.05, 4.69) is 47.7 Å². The number of hydrazine groups is 1. The van der Waals surface area contributed by atoms with Crippen LogP contribution in [0.3, 0.4) is 0 Å². The van der Waals surface area contributed by atoms with Crippen LogP contribution in [0.15, 0.2) is 47.3 Å². The molecule has 2 N–H and O–H groups in total. The van der Waals surface area contributed by atoms with Gasteiger partial charge >= 0.3 is 0 Å². The van der Waals surface area contributed by atoms with Crippen LogP contribution in [0.2, 0.25) is 0 Å². The molecule has 29 heavy (non-hydrogen) atoms. The maximum absolute atomic E-state index is 12.5. The smallest absolute Gasteiger partial charge is 0.269 e. The Balaban J connectivity index is 1.54. The third-order valence-electron chi connectivity index (χ3n) is 4.89. The van der Waals surface area contributed by atoms with Gasteiger partial charge in [-0.1, -0.05) is 50.7 Å². The molecule has 1 aromatic heterocycles. The molecule has 0 aliphatic heterocycles. The molecule has 0 fully saturated rings. The van der Waals surface area contributed by atoms with E-state index >= 15 is 0 Å². The van der Waals surface area contributed by atoms with Crippen LogP contribution in [-0.4, -0.2) is 15.9 Å². The van der Waals surface area contributed by atoms with Crippen LogP contribution >= 0.6 is 11.8 Å². The molecule has 1 atom stereocenters. The van der Waals surface area contributed by atoms with Crippen molar-refractivity contribution in [1.82, 2.24) is 20.8 Å². The minimum Gasteiger partial charge on any atom is -0.303 e. The van der Waals surface area contributed by atoms with Crippen LogP contribution in [0, 0.1) is 25.2 Å². The summed E-state index contributed by atoms with van der Waals surface area (Å²) in [6.45, 7) is 10.7. The fourth-order valence-electron chi connectivity index (χ4n) is 3.89. The predicted octanol–water partition coefficient (Wildman–Crippen LogP) is 4.96. The molecule has 3 rings (SSSR count). The summed E-state index contributed by atoms with van der Waals surface area (Å²) in [5.41, 5.74) is 10.9. The average Bonchev–Trinajstić information content (AvgIpc) is 2.62. The number of amides is 1. The first-order chi connectivity index (χ1) is 13.7. The highest BCUT2D eigenvalue weighted by molar-refractivity contribution is 7.98. The number of aryl methyl sites for hydroxylation is 2. The fraction of sp³-hybridized carbons (Fsp3) is 0.435. The molecule has 1 aliphatic carbocycles. The zero-order valence-electron chi connectivity index (χ0n) is 17.9. The lowest BCUT2D eigenvalue weighted by molar-refractivity contribution is 0.0936. The molecule has 1 amide bonds. The van der Waals surface area contributed by atoms with E-state index in [9.17, 15) is 4.79 Å². The Morgan fingerprint density at radius 1 is 1.17 bits per heavy atom. The predicted molar refractivity (Wildman–Crippen MR) is 118 cm³/mol. The Bertz CT molecular complexity index is 885. The van der Waals surface area contributed by atoms with Crippen LogP contribution in [0.4, 0.5) is 0 Å². The van der Waals surface area contributed by atoms with Gasteiger partial charge in [-0.15, -0.1) is 0 Å². The molecular formula is C23H30N4OS. The molecule has 0 unspecified atom stereocenters. The molecule has 0 saturated heterocycles. The summed E-state index contributed by atoms with van der Waals surface area (Å²) in [6, 6.07) is 9.65. The van der Waals surface area contributed by atoms with Crippen molar-refractivity contribution in [2.24, 2.45) is 11.3 Å². The number of aromatic nitrogens is 2. The van der Waals surface area contributed by atoms with Gasteiger partial charge < -0.3 is 5.43 Å². The molecule has 5 nitrogen and oxygen atoms in total. The first-order valence-corrected chi connectivity index (χ1v) is 11.0. The Labute approximate surface area is 177 Å². The van der Waals surface area contributed by atoms with Crippen LogP contribution < -0.4 is 10.9 Å². The lowest BCUT2D eigenvalue weighted by atomic mass is 9.76. The second-order valence-corrected chi connectivity index (χ2v) is 9.61. The summed E-state index contributed by atoms with van der Waals surface area (Å²) in [4.78, 5) is 21.4. The maximum atomic E-state index is 12.5. The number of rotatable bonds is 6. The van der Waals surface area contributed by atoms with Crippen molar-refractivity contribution in [1.29, 1.82) is 0 Å².